The lowest BCUT2D eigenvalue weighted by molar-refractivity contribution is -0.0553. The van der Waals surface area contributed by atoms with Crippen molar-refractivity contribution in [2.45, 2.75) is 35.7 Å². The third-order valence-electron chi connectivity index (χ3n) is 7.33. The number of sulfonamides is 1. The van der Waals surface area contributed by atoms with Crippen LogP contribution < -0.4 is 0 Å². The summed E-state index contributed by atoms with van der Waals surface area (Å²) in [4.78, 5) is 2.60. The molecule has 0 saturated carbocycles. The summed E-state index contributed by atoms with van der Waals surface area (Å²) < 4.78 is 28.4. The van der Waals surface area contributed by atoms with E-state index in [1.165, 1.54) is 0 Å². The van der Waals surface area contributed by atoms with E-state index in [1.807, 2.05) is 36.4 Å². The van der Waals surface area contributed by atoms with Gasteiger partial charge in [-0.25, -0.2) is 8.42 Å². The van der Waals surface area contributed by atoms with E-state index >= 15 is 0 Å². The van der Waals surface area contributed by atoms with Gasteiger partial charge < -0.3 is 5.11 Å². The number of hydrogen-bond acceptors (Lipinski definition) is 5. The number of hydrogen-bond donors (Lipinski definition) is 1. The summed E-state index contributed by atoms with van der Waals surface area (Å²) in [5.41, 5.74) is 3.73. The van der Waals surface area contributed by atoms with E-state index in [1.54, 1.807) is 34.6 Å². The van der Waals surface area contributed by atoms with E-state index in [0.717, 1.165) is 36.1 Å². The lowest BCUT2D eigenvalue weighted by atomic mass is 9.74. The zero-order valence-corrected chi connectivity index (χ0v) is 20.3. The number of nitriles is 1. The van der Waals surface area contributed by atoms with Crippen molar-refractivity contribution in [2.24, 2.45) is 0 Å². The first-order valence-electron chi connectivity index (χ1n) is 12.1. The van der Waals surface area contributed by atoms with Crippen LogP contribution in [-0.2, 0) is 10.0 Å². The summed E-state index contributed by atoms with van der Waals surface area (Å²) >= 11 is 0. The Kier molecular flexibility index (Phi) is 6.72. The molecule has 0 bridgehead atoms. The van der Waals surface area contributed by atoms with E-state index in [9.17, 15) is 18.8 Å². The Morgan fingerprint density at radius 1 is 0.914 bits per heavy atom. The van der Waals surface area contributed by atoms with E-state index in [0.29, 0.717) is 23.5 Å². The number of benzene rings is 3. The van der Waals surface area contributed by atoms with Gasteiger partial charge in [0.2, 0.25) is 10.0 Å². The molecule has 6 nitrogen and oxygen atoms in total. The van der Waals surface area contributed by atoms with Crippen LogP contribution in [0.2, 0.25) is 0 Å². The molecule has 0 amide bonds. The minimum absolute atomic E-state index is 0.0127. The highest BCUT2D eigenvalue weighted by Crippen LogP contribution is 2.43. The van der Waals surface area contributed by atoms with Gasteiger partial charge in [0.25, 0.3) is 0 Å². The fraction of sp³-hybridized carbons (Fsp3) is 0.321. The van der Waals surface area contributed by atoms with E-state index < -0.39 is 10.0 Å². The molecule has 2 saturated heterocycles. The van der Waals surface area contributed by atoms with Crippen molar-refractivity contribution in [3.05, 3.63) is 90.0 Å². The molecular formula is C28H29N3O3S. The first kappa shape index (κ1) is 23.7. The summed E-state index contributed by atoms with van der Waals surface area (Å²) in [6.45, 7) is 1.82. The zero-order valence-electron chi connectivity index (χ0n) is 19.5. The predicted molar refractivity (Wildman–Crippen MR) is 135 cm³/mol. The molecule has 3 aromatic carbocycles. The van der Waals surface area contributed by atoms with Gasteiger partial charge >= 0.3 is 0 Å². The van der Waals surface area contributed by atoms with Crippen molar-refractivity contribution in [3.8, 4) is 17.2 Å². The van der Waals surface area contributed by atoms with Gasteiger partial charge in [-0.15, -0.1) is 0 Å². The van der Waals surface area contributed by atoms with Gasteiger partial charge in [0, 0.05) is 31.1 Å². The number of aliphatic hydroxyl groups is 1. The summed E-state index contributed by atoms with van der Waals surface area (Å²) in [7, 11) is -3.59. The highest BCUT2D eigenvalue weighted by molar-refractivity contribution is 7.89. The lowest BCUT2D eigenvalue weighted by Gasteiger charge is -2.57. The van der Waals surface area contributed by atoms with Crippen molar-refractivity contribution in [2.75, 3.05) is 26.2 Å². The van der Waals surface area contributed by atoms with Gasteiger partial charge in [0.05, 0.1) is 23.1 Å². The maximum absolute atomic E-state index is 13.4. The number of nitrogens with zero attached hydrogens (tertiary/aromatic N) is 3. The Morgan fingerprint density at radius 3 is 2.37 bits per heavy atom. The van der Waals surface area contributed by atoms with Crippen LogP contribution >= 0.6 is 0 Å². The predicted octanol–water partition coefficient (Wildman–Crippen LogP) is 3.84. The average molecular weight is 488 g/mol. The Labute approximate surface area is 207 Å². The maximum atomic E-state index is 13.4. The quantitative estimate of drug-likeness (QED) is 0.591. The third-order valence-corrected chi connectivity index (χ3v) is 9.21. The van der Waals surface area contributed by atoms with Gasteiger partial charge in [-0.2, -0.15) is 9.57 Å². The van der Waals surface area contributed by atoms with Crippen molar-refractivity contribution in [1.82, 2.24) is 9.21 Å². The van der Waals surface area contributed by atoms with Gasteiger partial charge in [0.1, 0.15) is 0 Å². The van der Waals surface area contributed by atoms with Crippen LogP contribution in [-0.4, -0.2) is 61.1 Å². The molecule has 2 fully saturated rings. The molecule has 2 aliphatic heterocycles. The molecule has 35 heavy (non-hydrogen) atoms. The molecule has 0 spiro atoms. The molecule has 2 aliphatic rings. The zero-order chi connectivity index (χ0) is 24.4. The molecule has 7 heteroatoms. The molecule has 0 aromatic heterocycles. The van der Waals surface area contributed by atoms with Crippen LogP contribution in [0.4, 0.5) is 0 Å². The van der Waals surface area contributed by atoms with E-state index in [-0.39, 0.29) is 24.6 Å². The Bertz CT molecular complexity index is 1320. The minimum Gasteiger partial charge on any atom is -0.395 e. The summed E-state index contributed by atoms with van der Waals surface area (Å²) in [6.07, 6.45) is 1.70. The molecule has 0 aliphatic carbocycles. The fourth-order valence-corrected chi connectivity index (χ4v) is 7.05. The summed E-state index contributed by atoms with van der Waals surface area (Å²) in [6, 6.07) is 26.6. The third kappa shape index (κ3) is 4.51. The molecular weight excluding hydrogens is 458 g/mol. The lowest BCUT2D eigenvalue weighted by Crippen LogP contribution is -2.67. The molecule has 2 heterocycles. The van der Waals surface area contributed by atoms with E-state index in [2.05, 4.69) is 23.1 Å². The first-order valence-corrected chi connectivity index (χ1v) is 13.5. The smallest absolute Gasteiger partial charge is 0.243 e. The molecule has 3 aromatic rings. The van der Waals surface area contributed by atoms with Crippen LogP contribution in [0.15, 0.2) is 83.8 Å². The van der Waals surface area contributed by atoms with Crippen LogP contribution in [0.5, 0.6) is 0 Å². The molecule has 0 unspecified atom stereocenters. The van der Waals surface area contributed by atoms with Gasteiger partial charge in [-0.1, -0.05) is 54.6 Å². The molecule has 180 valence electrons. The molecule has 0 radical (unpaired) electrons. The number of aliphatic hydroxyl groups excluding tert-OH is 1. The topological polar surface area (TPSA) is 84.6 Å². The highest BCUT2D eigenvalue weighted by Gasteiger charge is 2.50. The van der Waals surface area contributed by atoms with Crippen molar-refractivity contribution < 1.29 is 13.5 Å². The van der Waals surface area contributed by atoms with Crippen molar-refractivity contribution >= 4 is 10.0 Å². The van der Waals surface area contributed by atoms with Crippen LogP contribution in [0.25, 0.3) is 11.1 Å². The second-order valence-electron chi connectivity index (χ2n) is 9.28. The minimum atomic E-state index is -3.59. The van der Waals surface area contributed by atoms with Crippen molar-refractivity contribution in [3.63, 3.8) is 0 Å². The van der Waals surface area contributed by atoms with Crippen LogP contribution in [0.3, 0.4) is 0 Å². The Morgan fingerprint density at radius 2 is 1.66 bits per heavy atom. The molecule has 3 atom stereocenters. The molecule has 5 rings (SSSR count). The normalized spacial score (nSPS) is 23.4. The van der Waals surface area contributed by atoms with Gasteiger partial charge in [-0.3, -0.25) is 4.90 Å². The second kappa shape index (κ2) is 9.92. The molecule has 1 N–H and O–H groups in total. The van der Waals surface area contributed by atoms with Crippen LogP contribution in [0.1, 0.15) is 29.9 Å². The van der Waals surface area contributed by atoms with Crippen molar-refractivity contribution in [1.29, 1.82) is 5.26 Å². The number of fused-ring (bicyclic) bond motifs is 1. The summed E-state index contributed by atoms with van der Waals surface area (Å²) in [5.74, 6) is 0.0473. The highest BCUT2D eigenvalue weighted by atomic mass is 32.2. The van der Waals surface area contributed by atoms with Crippen LogP contribution in [0, 0.1) is 11.3 Å². The monoisotopic (exact) mass is 487 g/mol. The van der Waals surface area contributed by atoms with Gasteiger partial charge in [-0.05, 0) is 60.3 Å². The second-order valence-corrected chi connectivity index (χ2v) is 11.2. The SMILES string of the molecule is N#Cc1cccc(-c2ccc([C@H]3[C@H](CO)N4CCCCN(S(=O)(=O)c5ccccc5)C[C@@H]34)cc2)c1. The first-order chi connectivity index (χ1) is 17.0. The number of rotatable bonds is 5. The Hall–Kier alpha value is -3.02. The van der Waals surface area contributed by atoms with Gasteiger partial charge in [0.15, 0.2) is 0 Å². The average Bonchev–Trinajstić information content (AvgIpc) is 2.88. The fourth-order valence-electron chi connectivity index (χ4n) is 5.53. The largest absolute Gasteiger partial charge is 0.395 e. The summed E-state index contributed by atoms with van der Waals surface area (Å²) in [5, 5.41) is 19.4. The van der Waals surface area contributed by atoms with E-state index in [4.69, 9.17) is 0 Å². The standard InChI is InChI=1S/C28H29N3O3S/c29-18-21-7-6-8-24(17-21)22-11-13-23(14-12-22)28-26-19-30(15-4-5-16-31(26)27(28)20-32)35(33,34)25-9-2-1-3-10-25/h1-3,6-14,17,26-28,32H,4-5,15-16,19-20H2/t26-,27-,28+/m0/s1. The Balaban J connectivity index is 1.42. The maximum Gasteiger partial charge on any atom is 0.243 e.